The second-order valence-electron chi connectivity index (χ2n) is 7.34. The minimum Gasteiger partial charge on any atom is -0.488 e. The summed E-state index contributed by atoms with van der Waals surface area (Å²) in [6.45, 7) is -1.79. The Morgan fingerprint density at radius 2 is 0.941 bits per heavy atom. The standard InChI is InChI=1S/C22H26N2O10/c25-19(26)11-23(12-20(27)28)5-7-33-17-9-15-3-1-2-4-16(15)10-18(17)34-8-6-24(13-21(29)30)14-22(31)32/h1-4,9-10H,5-8,11-14H2,(H,25,26)(H,27,28)(H,29,30)(H,31,32). The molecule has 0 aliphatic heterocycles. The summed E-state index contributed by atoms with van der Waals surface area (Å²) in [6.07, 6.45) is 0. The first-order valence-corrected chi connectivity index (χ1v) is 10.2. The highest BCUT2D eigenvalue weighted by molar-refractivity contribution is 5.86. The molecule has 4 N–H and O–H groups in total. The van der Waals surface area contributed by atoms with Crippen LogP contribution in [0.2, 0.25) is 0 Å². The zero-order valence-electron chi connectivity index (χ0n) is 18.3. The van der Waals surface area contributed by atoms with Crippen molar-refractivity contribution in [1.29, 1.82) is 0 Å². The minimum absolute atomic E-state index is 0.0145. The number of benzene rings is 2. The number of carbonyl (C=O) groups is 4. The van der Waals surface area contributed by atoms with Crippen molar-refractivity contribution >= 4 is 34.6 Å². The Hall–Kier alpha value is -3.90. The molecule has 12 heteroatoms. The van der Waals surface area contributed by atoms with Crippen LogP contribution >= 0.6 is 0 Å². The molecule has 2 rings (SSSR count). The van der Waals surface area contributed by atoms with E-state index in [1.165, 1.54) is 9.80 Å². The van der Waals surface area contributed by atoms with Crippen molar-refractivity contribution in [2.45, 2.75) is 0 Å². The monoisotopic (exact) mass is 478 g/mol. The van der Waals surface area contributed by atoms with Crippen molar-refractivity contribution in [3.05, 3.63) is 36.4 Å². The highest BCUT2D eigenvalue weighted by Crippen LogP contribution is 2.32. The Labute approximate surface area is 194 Å². The van der Waals surface area contributed by atoms with Crippen LogP contribution in [0.1, 0.15) is 0 Å². The molecule has 0 unspecified atom stereocenters. The van der Waals surface area contributed by atoms with Crippen LogP contribution < -0.4 is 9.47 Å². The molecular formula is C22H26N2O10. The lowest BCUT2D eigenvalue weighted by Crippen LogP contribution is -2.37. The van der Waals surface area contributed by atoms with Crippen molar-refractivity contribution in [3.8, 4) is 11.5 Å². The molecule has 184 valence electrons. The molecule has 2 aromatic carbocycles. The van der Waals surface area contributed by atoms with Gasteiger partial charge >= 0.3 is 23.9 Å². The van der Waals surface area contributed by atoms with Crippen molar-refractivity contribution in [3.63, 3.8) is 0 Å². The molecule has 0 atom stereocenters. The van der Waals surface area contributed by atoms with Gasteiger partial charge < -0.3 is 29.9 Å². The van der Waals surface area contributed by atoms with E-state index in [-0.39, 0.29) is 26.3 Å². The van der Waals surface area contributed by atoms with Gasteiger partial charge in [-0.25, -0.2) is 0 Å². The summed E-state index contributed by atoms with van der Waals surface area (Å²) in [5, 5.41) is 37.5. The first kappa shape index (κ1) is 26.4. The van der Waals surface area contributed by atoms with Crippen LogP contribution in [0.5, 0.6) is 11.5 Å². The minimum atomic E-state index is -1.16. The maximum atomic E-state index is 11.0. The van der Waals surface area contributed by atoms with Gasteiger partial charge in [0, 0.05) is 13.1 Å². The lowest BCUT2D eigenvalue weighted by molar-refractivity contribution is -0.143. The maximum absolute atomic E-state index is 11.0. The molecular weight excluding hydrogens is 452 g/mol. The Morgan fingerprint density at radius 3 is 1.24 bits per heavy atom. The van der Waals surface area contributed by atoms with Gasteiger partial charge in [0.1, 0.15) is 13.2 Å². The van der Waals surface area contributed by atoms with Crippen LogP contribution in [0, 0.1) is 0 Å². The number of ether oxygens (including phenoxy) is 2. The van der Waals surface area contributed by atoms with Crippen LogP contribution in [0.25, 0.3) is 10.8 Å². The van der Waals surface area contributed by atoms with Gasteiger partial charge in [-0.3, -0.25) is 29.0 Å². The molecule has 0 radical (unpaired) electrons. The van der Waals surface area contributed by atoms with Gasteiger partial charge in [-0.1, -0.05) is 24.3 Å². The van der Waals surface area contributed by atoms with Gasteiger partial charge in [0.15, 0.2) is 11.5 Å². The molecule has 0 fully saturated rings. The molecule has 0 saturated heterocycles. The van der Waals surface area contributed by atoms with Crippen molar-refractivity contribution < 1.29 is 49.1 Å². The average Bonchev–Trinajstić information content (AvgIpc) is 2.72. The summed E-state index contributed by atoms with van der Waals surface area (Å²) in [7, 11) is 0. The van der Waals surface area contributed by atoms with E-state index in [1.807, 2.05) is 24.3 Å². The number of fused-ring (bicyclic) bond motifs is 1. The summed E-state index contributed by atoms with van der Waals surface area (Å²) < 4.78 is 11.5. The Morgan fingerprint density at radius 1 is 0.618 bits per heavy atom. The Bertz CT molecular complexity index is 913. The molecule has 0 aliphatic rings. The summed E-state index contributed by atoms with van der Waals surface area (Å²) in [5.41, 5.74) is 0. The van der Waals surface area contributed by atoms with Gasteiger partial charge in [0.2, 0.25) is 0 Å². The van der Waals surface area contributed by atoms with Crippen LogP contribution in [0.3, 0.4) is 0 Å². The van der Waals surface area contributed by atoms with Crippen LogP contribution in [-0.2, 0) is 19.2 Å². The van der Waals surface area contributed by atoms with Crippen molar-refractivity contribution in [2.24, 2.45) is 0 Å². The third-order valence-electron chi connectivity index (χ3n) is 4.58. The number of hydrogen-bond acceptors (Lipinski definition) is 8. The molecule has 12 nitrogen and oxygen atoms in total. The lowest BCUT2D eigenvalue weighted by Gasteiger charge is -2.21. The number of carboxylic acids is 4. The number of carboxylic acid groups (broad SMARTS) is 4. The fourth-order valence-electron chi connectivity index (χ4n) is 3.19. The second-order valence-corrected chi connectivity index (χ2v) is 7.34. The van der Waals surface area contributed by atoms with Gasteiger partial charge in [-0.05, 0) is 22.9 Å². The first-order valence-electron chi connectivity index (χ1n) is 10.2. The average molecular weight is 478 g/mol. The van der Waals surface area contributed by atoms with E-state index in [1.54, 1.807) is 12.1 Å². The molecule has 0 saturated carbocycles. The second kappa shape index (κ2) is 13.0. The molecule has 0 spiro atoms. The fraction of sp³-hybridized carbons (Fsp3) is 0.364. The van der Waals surface area contributed by atoms with Gasteiger partial charge in [0.25, 0.3) is 0 Å². The fourth-order valence-corrected chi connectivity index (χ4v) is 3.19. The van der Waals surface area contributed by atoms with E-state index in [2.05, 4.69) is 0 Å². The number of rotatable bonds is 16. The van der Waals surface area contributed by atoms with Gasteiger partial charge in [-0.2, -0.15) is 0 Å². The normalized spacial score (nSPS) is 11.0. The predicted octanol–water partition coefficient (Wildman–Crippen LogP) is 0.540. The molecule has 0 amide bonds. The molecule has 0 bridgehead atoms. The highest BCUT2D eigenvalue weighted by atomic mass is 16.5. The summed E-state index contributed by atoms with van der Waals surface area (Å²) in [5.74, 6) is -4.00. The summed E-state index contributed by atoms with van der Waals surface area (Å²) in [4.78, 5) is 46.3. The smallest absolute Gasteiger partial charge is 0.317 e. The zero-order chi connectivity index (χ0) is 25.1. The molecule has 0 heterocycles. The van der Waals surface area contributed by atoms with E-state index in [9.17, 15) is 19.2 Å². The molecule has 2 aromatic rings. The van der Waals surface area contributed by atoms with E-state index < -0.39 is 50.1 Å². The van der Waals surface area contributed by atoms with Gasteiger partial charge in [-0.15, -0.1) is 0 Å². The Kier molecular flexibility index (Phi) is 10.0. The molecule has 34 heavy (non-hydrogen) atoms. The van der Waals surface area contributed by atoms with Crippen LogP contribution in [0.15, 0.2) is 36.4 Å². The number of hydrogen-bond donors (Lipinski definition) is 4. The topological polar surface area (TPSA) is 174 Å². The van der Waals surface area contributed by atoms with E-state index in [0.29, 0.717) is 11.5 Å². The van der Waals surface area contributed by atoms with Gasteiger partial charge in [0.05, 0.1) is 26.2 Å². The molecule has 0 aliphatic carbocycles. The van der Waals surface area contributed by atoms with E-state index in [0.717, 1.165) is 10.8 Å². The third kappa shape index (κ3) is 9.30. The maximum Gasteiger partial charge on any atom is 0.317 e. The van der Waals surface area contributed by atoms with E-state index in [4.69, 9.17) is 29.9 Å². The summed E-state index contributed by atoms with van der Waals surface area (Å²) >= 11 is 0. The quantitative estimate of drug-likeness (QED) is 0.264. The van der Waals surface area contributed by atoms with Crippen LogP contribution in [0.4, 0.5) is 0 Å². The predicted molar refractivity (Wildman–Crippen MR) is 118 cm³/mol. The first-order chi connectivity index (χ1) is 16.1. The SMILES string of the molecule is O=C(O)CN(CCOc1cc2ccccc2cc1OCCN(CC(=O)O)CC(=O)O)CC(=O)O. The van der Waals surface area contributed by atoms with Crippen molar-refractivity contribution in [2.75, 3.05) is 52.5 Å². The molecule has 0 aromatic heterocycles. The van der Waals surface area contributed by atoms with E-state index >= 15 is 0 Å². The number of aliphatic carboxylic acids is 4. The van der Waals surface area contributed by atoms with Crippen molar-refractivity contribution in [1.82, 2.24) is 9.80 Å². The third-order valence-corrected chi connectivity index (χ3v) is 4.58. The van der Waals surface area contributed by atoms with Crippen LogP contribution in [-0.4, -0.2) is 107 Å². The highest BCUT2D eigenvalue weighted by Gasteiger charge is 2.16. The summed E-state index contributed by atoms with van der Waals surface area (Å²) in [6, 6.07) is 10.8. The zero-order valence-corrected chi connectivity index (χ0v) is 18.3. The lowest BCUT2D eigenvalue weighted by atomic mass is 10.1. The number of nitrogens with zero attached hydrogens (tertiary/aromatic N) is 2. The Balaban J connectivity index is 2.11. The largest absolute Gasteiger partial charge is 0.488 e.